The first-order chi connectivity index (χ1) is 8.87. The Hall–Kier alpha value is -1.50. The first-order valence-corrected chi connectivity index (χ1v) is 7.05. The molecule has 1 fully saturated rings. The zero-order chi connectivity index (χ0) is 14.0. The van der Waals surface area contributed by atoms with E-state index < -0.39 is 5.60 Å². The number of cyclic esters (lactones) is 1. The van der Waals surface area contributed by atoms with Crippen LogP contribution in [0.25, 0.3) is 0 Å². The van der Waals surface area contributed by atoms with Gasteiger partial charge in [-0.25, -0.2) is 0 Å². The molecule has 6 nitrogen and oxygen atoms in total. The van der Waals surface area contributed by atoms with E-state index in [9.17, 15) is 9.59 Å². The molecular formula is C12H17N3O3S. The van der Waals surface area contributed by atoms with Crippen molar-refractivity contribution in [3.63, 3.8) is 0 Å². The Morgan fingerprint density at radius 2 is 2.42 bits per heavy atom. The lowest BCUT2D eigenvalue weighted by Gasteiger charge is -2.15. The molecule has 7 heteroatoms. The largest absolute Gasteiger partial charge is 0.459 e. The fraction of sp³-hybridized carbons (Fsp3) is 0.667. The molecule has 2 atom stereocenters. The molecule has 0 unspecified atom stereocenters. The highest BCUT2D eigenvalue weighted by Crippen LogP contribution is 2.34. The highest BCUT2D eigenvalue weighted by Gasteiger charge is 2.41. The predicted octanol–water partition coefficient (Wildman–Crippen LogP) is 1.84. The van der Waals surface area contributed by atoms with Crippen molar-refractivity contribution in [2.24, 2.45) is 11.8 Å². The van der Waals surface area contributed by atoms with Crippen LogP contribution in [0.5, 0.6) is 0 Å². The van der Waals surface area contributed by atoms with Crippen LogP contribution in [0.2, 0.25) is 0 Å². The number of nitrogens with one attached hydrogen (secondary N) is 1. The number of rotatable bonds is 4. The Morgan fingerprint density at radius 3 is 2.95 bits per heavy atom. The molecule has 0 saturated carbocycles. The van der Waals surface area contributed by atoms with E-state index >= 15 is 0 Å². The molecule has 1 amide bonds. The van der Waals surface area contributed by atoms with Crippen LogP contribution >= 0.6 is 11.3 Å². The van der Waals surface area contributed by atoms with Gasteiger partial charge in [-0.3, -0.25) is 9.59 Å². The third-order valence-electron chi connectivity index (χ3n) is 3.12. The van der Waals surface area contributed by atoms with E-state index in [-0.39, 0.29) is 23.7 Å². The van der Waals surface area contributed by atoms with Crippen LogP contribution in [0, 0.1) is 11.8 Å². The summed E-state index contributed by atoms with van der Waals surface area (Å²) in [6.45, 7) is 5.57. The van der Waals surface area contributed by atoms with E-state index in [1.807, 2.05) is 13.8 Å². The molecule has 1 aromatic heterocycles. The number of nitrogens with zero attached hydrogens (tertiary/aromatic N) is 2. The molecule has 2 heterocycles. The van der Waals surface area contributed by atoms with Crippen molar-refractivity contribution in [2.45, 2.75) is 39.2 Å². The lowest BCUT2D eigenvalue weighted by Crippen LogP contribution is -2.24. The minimum absolute atomic E-state index is 0.144. The van der Waals surface area contributed by atoms with Gasteiger partial charge in [0, 0.05) is 5.92 Å². The zero-order valence-corrected chi connectivity index (χ0v) is 12.0. The summed E-state index contributed by atoms with van der Waals surface area (Å²) in [6.07, 6.45) is 1.15. The highest BCUT2D eigenvalue weighted by atomic mass is 32.1. The maximum Gasteiger partial charge on any atom is 0.309 e. The molecule has 1 saturated heterocycles. The van der Waals surface area contributed by atoms with Gasteiger partial charge in [0.25, 0.3) is 0 Å². The number of aromatic nitrogens is 2. The molecule has 1 aromatic rings. The highest BCUT2D eigenvalue weighted by molar-refractivity contribution is 7.13. The third kappa shape index (κ3) is 3.50. The van der Waals surface area contributed by atoms with E-state index in [0.717, 1.165) is 0 Å². The summed E-state index contributed by atoms with van der Waals surface area (Å²) < 4.78 is 5.26. The van der Waals surface area contributed by atoms with Gasteiger partial charge in [-0.15, -0.1) is 10.2 Å². The molecule has 0 aromatic carbocycles. The lowest BCUT2D eigenvalue weighted by molar-refractivity contribution is -0.148. The SMILES string of the molecule is C[C@@H](C[C@@H]1CC(C)(C)OC1=O)C(=O)Nc1nncs1. The Labute approximate surface area is 115 Å². The van der Waals surface area contributed by atoms with Gasteiger partial charge in [-0.05, 0) is 26.7 Å². The average molecular weight is 283 g/mol. The van der Waals surface area contributed by atoms with Crippen LogP contribution in [-0.2, 0) is 14.3 Å². The molecule has 0 aliphatic carbocycles. The molecule has 1 N–H and O–H groups in total. The number of anilines is 1. The Balaban J connectivity index is 1.89. The van der Waals surface area contributed by atoms with Crippen molar-refractivity contribution in [1.82, 2.24) is 10.2 Å². The number of hydrogen-bond acceptors (Lipinski definition) is 6. The molecular weight excluding hydrogens is 266 g/mol. The van der Waals surface area contributed by atoms with Crippen molar-refractivity contribution in [1.29, 1.82) is 0 Å². The first kappa shape index (κ1) is 13.9. The summed E-state index contributed by atoms with van der Waals surface area (Å²) in [4.78, 5) is 23.6. The van der Waals surface area contributed by atoms with Crippen LogP contribution in [0.1, 0.15) is 33.6 Å². The quantitative estimate of drug-likeness (QED) is 0.853. The van der Waals surface area contributed by atoms with Crippen molar-refractivity contribution < 1.29 is 14.3 Å². The van der Waals surface area contributed by atoms with Crippen molar-refractivity contribution in [2.75, 3.05) is 5.32 Å². The van der Waals surface area contributed by atoms with Gasteiger partial charge >= 0.3 is 5.97 Å². The first-order valence-electron chi connectivity index (χ1n) is 6.17. The van der Waals surface area contributed by atoms with E-state index in [4.69, 9.17) is 4.74 Å². The van der Waals surface area contributed by atoms with Gasteiger partial charge in [-0.2, -0.15) is 0 Å². The molecule has 0 spiro atoms. The number of carbonyl (C=O) groups is 2. The summed E-state index contributed by atoms with van der Waals surface area (Å²) in [7, 11) is 0. The van der Waals surface area contributed by atoms with Crippen LogP contribution in [0.4, 0.5) is 5.13 Å². The lowest BCUT2D eigenvalue weighted by atomic mass is 9.89. The van der Waals surface area contributed by atoms with E-state index in [1.165, 1.54) is 11.3 Å². The van der Waals surface area contributed by atoms with Gasteiger partial charge in [0.1, 0.15) is 11.1 Å². The van der Waals surface area contributed by atoms with E-state index in [2.05, 4.69) is 15.5 Å². The van der Waals surface area contributed by atoms with Gasteiger partial charge in [-0.1, -0.05) is 18.3 Å². The fourth-order valence-corrected chi connectivity index (χ4v) is 2.69. The molecule has 0 radical (unpaired) electrons. The van der Waals surface area contributed by atoms with Crippen LogP contribution < -0.4 is 5.32 Å². The van der Waals surface area contributed by atoms with Gasteiger partial charge < -0.3 is 10.1 Å². The van der Waals surface area contributed by atoms with Crippen molar-refractivity contribution >= 4 is 28.3 Å². The molecule has 19 heavy (non-hydrogen) atoms. The second-order valence-electron chi connectivity index (χ2n) is 5.45. The molecule has 0 bridgehead atoms. The van der Waals surface area contributed by atoms with Crippen LogP contribution in [0.15, 0.2) is 5.51 Å². The standard InChI is InChI=1S/C12H17N3O3S/c1-7(9(16)14-11-15-13-6-19-11)4-8-5-12(2,3)18-10(8)17/h6-8H,4-5H2,1-3H3,(H,14,15,16)/t7-,8+/m0/s1. The maximum atomic E-state index is 11.9. The van der Waals surface area contributed by atoms with Crippen molar-refractivity contribution in [3.05, 3.63) is 5.51 Å². The normalized spacial score (nSPS) is 22.9. The molecule has 1 aliphatic rings. The van der Waals surface area contributed by atoms with Crippen LogP contribution in [0.3, 0.4) is 0 Å². The minimum Gasteiger partial charge on any atom is -0.459 e. The number of hydrogen-bond donors (Lipinski definition) is 1. The summed E-state index contributed by atoms with van der Waals surface area (Å²) in [5.74, 6) is -0.824. The molecule has 2 rings (SSSR count). The molecule has 1 aliphatic heterocycles. The average Bonchev–Trinajstić information content (AvgIpc) is 2.87. The summed E-state index contributed by atoms with van der Waals surface area (Å²) in [5, 5.41) is 10.6. The zero-order valence-electron chi connectivity index (χ0n) is 11.2. The number of amides is 1. The second-order valence-corrected chi connectivity index (χ2v) is 6.28. The summed E-state index contributed by atoms with van der Waals surface area (Å²) >= 11 is 1.27. The van der Waals surface area contributed by atoms with Gasteiger partial charge in [0.05, 0.1) is 5.92 Å². The van der Waals surface area contributed by atoms with E-state index in [0.29, 0.717) is 18.0 Å². The summed E-state index contributed by atoms with van der Waals surface area (Å²) in [6, 6.07) is 0. The van der Waals surface area contributed by atoms with Crippen molar-refractivity contribution in [3.8, 4) is 0 Å². The predicted molar refractivity (Wildman–Crippen MR) is 70.6 cm³/mol. The molecule has 104 valence electrons. The van der Waals surface area contributed by atoms with Gasteiger partial charge in [0.15, 0.2) is 0 Å². The number of carbonyl (C=O) groups excluding carboxylic acids is 2. The summed E-state index contributed by atoms with van der Waals surface area (Å²) in [5.41, 5.74) is 1.13. The topological polar surface area (TPSA) is 81.2 Å². The fourth-order valence-electron chi connectivity index (χ4n) is 2.24. The Morgan fingerprint density at radius 1 is 1.68 bits per heavy atom. The smallest absolute Gasteiger partial charge is 0.309 e. The third-order valence-corrected chi connectivity index (χ3v) is 3.73. The minimum atomic E-state index is -0.419. The maximum absolute atomic E-state index is 11.9. The number of esters is 1. The van der Waals surface area contributed by atoms with Crippen LogP contribution in [-0.4, -0.2) is 27.7 Å². The Kier molecular flexibility index (Phi) is 3.84. The second kappa shape index (κ2) is 5.24. The van der Waals surface area contributed by atoms with E-state index in [1.54, 1.807) is 12.4 Å². The van der Waals surface area contributed by atoms with Gasteiger partial charge in [0.2, 0.25) is 11.0 Å². The number of ether oxygens (including phenoxy) is 1. The monoisotopic (exact) mass is 283 g/mol. The Bertz CT molecular complexity index is 473.